The molecule has 5 nitrogen and oxygen atoms in total. The van der Waals surface area contributed by atoms with Crippen molar-refractivity contribution >= 4 is 28.8 Å². The van der Waals surface area contributed by atoms with Gasteiger partial charge in [0.1, 0.15) is 5.82 Å². The Balaban J connectivity index is 2.00. The van der Waals surface area contributed by atoms with Crippen molar-refractivity contribution in [2.75, 3.05) is 17.7 Å². The van der Waals surface area contributed by atoms with E-state index in [4.69, 9.17) is 0 Å². The zero-order chi connectivity index (χ0) is 13.7. The van der Waals surface area contributed by atoms with Gasteiger partial charge in [0.05, 0.1) is 24.9 Å². The van der Waals surface area contributed by atoms with Crippen LogP contribution < -0.4 is 10.6 Å². The summed E-state index contributed by atoms with van der Waals surface area (Å²) in [6, 6.07) is 4.46. The van der Waals surface area contributed by atoms with E-state index in [0.717, 1.165) is 4.88 Å². The van der Waals surface area contributed by atoms with Crippen molar-refractivity contribution in [1.82, 2.24) is 4.98 Å². The molecule has 19 heavy (non-hydrogen) atoms. The minimum atomic E-state index is -0.704. The number of rotatable bonds is 4. The van der Waals surface area contributed by atoms with Crippen LogP contribution in [0.1, 0.15) is 4.88 Å². The molecule has 0 atom stereocenters. The van der Waals surface area contributed by atoms with Crippen LogP contribution in [-0.4, -0.2) is 18.2 Å². The smallest absolute Gasteiger partial charge is 0.411 e. The second-order valence-corrected chi connectivity index (χ2v) is 4.60. The lowest BCUT2D eigenvalue weighted by molar-refractivity contribution is 0.187. The summed E-state index contributed by atoms with van der Waals surface area (Å²) in [6.45, 7) is 0.577. The first-order chi connectivity index (χ1) is 9.19. The molecule has 0 unspecified atom stereocenters. The van der Waals surface area contributed by atoms with Gasteiger partial charge in [-0.15, -0.1) is 11.3 Å². The number of carbonyl (C=O) groups excluding carboxylic acids is 1. The van der Waals surface area contributed by atoms with Crippen molar-refractivity contribution in [3.63, 3.8) is 0 Å². The van der Waals surface area contributed by atoms with Crippen LogP contribution in [0.15, 0.2) is 29.9 Å². The van der Waals surface area contributed by atoms with Gasteiger partial charge in [-0.05, 0) is 18.2 Å². The highest BCUT2D eigenvalue weighted by atomic mass is 32.1. The van der Waals surface area contributed by atoms with Gasteiger partial charge in [-0.25, -0.2) is 9.18 Å². The summed E-state index contributed by atoms with van der Waals surface area (Å²) < 4.78 is 18.1. The number of hydrogen-bond donors (Lipinski definition) is 2. The van der Waals surface area contributed by atoms with Crippen molar-refractivity contribution in [1.29, 1.82) is 0 Å². The van der Waals surface area contributed by atoms with Gasteiger partial charge in [-0.3, -0.25) is 10.3 Å². The molecular formula is C12H12FN3O2S. The summed E-state index contributed by atoms with van der Waals surface area (Å²) in [4.78, 5) is 16.0. The van der Waals surface area contributed by atoms with Gasteiger partial charge in [0, 0.05) is 16.8 Å². The molecule has 0 aliphatic heterocycles. The molecule has 2 aromatic rings. The molecule has 0 aliphatic rings. The molecule has 100 valence electrons. The summed E-state index contributed by atoms with van der Waals surface area (Å²) in [6.07, 6.45) is 1.05. The SMILES string of the molecule is COC(=O)Nc1ccc(NCc2cncs2)cc1F. The highest BCUT2D eigenvalue weighted by molar-refractivity contribution is 7.09. The lowest BCUT2D eigenvalue weighted by Gasteiger charge is -2.08. The second-order valence-electron chi connectivity index (χ2n) is 3.63. The first-order valence-corrected chi connectivity index (χ1v) is 6.33. The van der Waals surface area contributed by atoms with E-state index >= 15 is 0 Å². The highest BCUT2D eigenvalue weighted by Crippen LogP contribution is 2.20. The number of carbonyl (C=O) groups is 1. The lowest BCUT2D eigenvalue weighted by Crippen LogP contribution is -2.12. The molecule has 0 bridgehead atoms. The zero-order valence-electron chi connectivity index (χ0n) is 10.1. The third-order valence-corrected chi connectivity index (χ3v) is 3.12. The van der Waals surface area contributed by atoms with Crippen LogP contribution in [0.2, 0.25) is 0 Å². The van der Waals surface area contributed by atoms with Crippen LogP contribution in [0.25, 0.3) is 0 Å². The number of halogens is 1. The molecule has 0 spiro atoms. The van der Waals surface area contributed by atoms with E-state index in [1.54, 1.807) is 17.8 Å². The van der Waals surface area contributed by atoms with Crippen LogP contribution >= 0.6 is 11.3 Å². The summed E-state index contributed by atoms with van der Waals surface area (Å²) >= 11 is 1.52. The predicted octanol–water partition coefficient (Wildman–Crippen LogP) is 3.07. The maximum Gasteiger partial charge on any atom is 0.411 e. The molecule has 0 saturated carbocycles. The fourth-order valence-electron chi connectivity index (χ4n) is 1.41. The molecule has 1 aromatic heterocycles. The standard InChI is InChI=1S/C12H12FN3O2S/c1-18-12(17)16-11-3-2-8(4-10(11)13)15-6-9-5-14-7-19-9/h2-5,7,15H,6H2,1H3,(H,16,17). The van der Waals surface area contributed by atoms with Gasteiger partial charge in [-0.2, -0.15) is 0 Å². The Bertz CT molecular complexity index is 560. The largest absolute Gasteiger partial charge is 0.453 e. The molecule has 2 rings (SSSR count). The van der Waals surface area contributed by atoms with Gasteiger partial charge in [0.2, 0.25) is 0 Å². The van der Waals surface area contributed by atoms with Gasteiger partial charge in [-0.1, -0.05) is 0 Å². The number of nitrogens with one attached hydrogen (secondary N) is 2. The lowest BCUT2D eigenvalue weighted by atomic mass is 10.2. The molecule has 1 heterocycles. The number of benzene rings is 1. The molecule has 1 amide bonds. The number of aromatic nitrogens is 1. The number of anilines is 2. The Morgan fingerprint density at radius 1 is 1.53 bits per heavy atom. The van der Waals surface area contributed by atoms with Crippen LogP contribution in [0.5, 0.6) is 0 Å². The fourth-order valence-corrected chi connectivity index (χ4v) is 1.94. The molecule has 0 radical (unpaired) electrons. The minimum Gasteiger partial charge on any atom is -0.453 e. The van der Waals surface area contributed by atoms with E-state index in [-0.39, 0.29) is 5.69 Å². The van der Waals surface area contributed by atoms with Crippen LogP contribution in [-0.2, 0) is 11.3 Å². The first kappa shape index (κ1) is 13.3. The Morgan fingerprint density at radius 3 is 3.00 bits per heavy atom. The monoisotopic (exact) mass is 281 g/mol. The summed E-state index contributed by atoms with van der Waals surface area (Å²) in [5, 5.41) is 5.35. The third-order valence-electron chi connectivity index (χ3n) is 2.34. The van der Waals surface area contributed by atoms with E-state index in [1.807, 2.05) is 0 Å². The van der Waals surface area contributed by atoms with Crippen molar-refractivity contribution in [2.24, 2.45) is 0 Å². The summed E-state index contributed by atoms with van der Waals surface area (Å²) in [7, 11) is 1.22. The maximum atomic E-state index is 13.7. The maximum absolute atomic E-state index is 13.7. The summed E-state index contributed by atoms with van der Waals surface area (Å²) in [5.41, 5.74) is 2.44. The Labute approximate surface area is 113 Å². The van der Waals surface area contributed by atoms with Gasteiger partial charge in [0.15, 0.2) is 0 Å². The summed E-state index contributed by atoms with van der Waals surface area (Å²) in [5.74, 6) is -0.528. The van der Waals surface area contributed by atoms with Crippen molar-refractivity contribution in [2.45, 2.75) is 6.54 Å². The number of methoxy groups -OCH3 is 1. The Kier molecular flexibility index (Phi) is 4.30. The Morgan fingerprint density at radius 2 is 2.37 bits per heavy atom. The van der Waals surface area contributed by atoms with E-state index in [2.05, 4.69) is 20.4 Å². The quantitative estimate of drug-likeness (QED) is 0.904. The molecule has 7 heteroatoms. The average Bonchev–Trinajstić information content (AvgIpc) is 2.92. The highest BCUT2D eigenvalue weighted by Gasteiger charge is 2.07. The molecule has 0 aliphatic carbocycles. The number of ether oxygens (including phenoxy) is 1. The molecule has 0 fully saturated rings. The second kappa shape index (κ2) is 6.14. The zero-order valence-corrected chi connectivity index (χ0v) is 11.0. The molecule has 1 aromatic carbocycles. The topological polar surface area (TPSA) is 63.2 Å². The van der Waals surface area contributed by atoms with Crippen LogP contribution in [0, 0.1) is 5.82 Å². The van der Waals surface area contributed by atoms with Crippen LogP contribution in [0.4, 0.5) is 20.6 Å². The van der Waals surface area contributed by atoms with Crippen molar-refractivity contribution < 1.29 is 13.9 Å². The van der Waals surface area contributed by atoms with Crippen molar-refractivity contribution in [3.05, 3.63) is 40.6 Å². The predicted molar refractivity (Wildman–Crippen MR) is 71.9 cm³/mol. The first-order valence-electron chi connectivity index (χ1n) is 5.45. The number of nitrogens with zero attached hydrogens (tertiary/aromatic N) is 1. The number of hydrogen-bond acceptors (Lipinski definition) is 5. The Hall–Kier alpha value is -2.15. The van der Waals surface area contributed by atoms with E-state index < -0.39 is 11.9 Å². The fraction of sp³-hybridized carbons (Fsp3) is 0.167. The van der Waals surface area contributed by atoms with Gasteiger partial charge in [0.25, 0.3) is 0 Å². The van der Waals surface area contributed by atoms with Gasteiger partial charge >= 0.3 is 6.09 Å². The normalized spacial score (nSPS) is 10.0. The average molecular weight is 281 g/mol. The van der Waals surface area contributed by atoms with E-state index in [9.17, 15) is 9.18 Å². The molecule has 0 saturated heterocycles. The molecule has 2 N–H and O–H groups in total. The number of thiazole rings is 1. The van der Waals surface area contributed by atoms with Gasteiger partial charge < -0.3 is 10.1 Å². The van der Waals surface area contributed by atoms with Crippen LogP contribution in [0.3, 0.4) is 0 Å². The van der Waals surface area contributed by atoms with E-state index in [1.165, 1.54) is 30.6 Å². The molecular weight excluding hydrogens is 269 g/mol. The third kappa shape index (κ3) is 3.65. The van der Waals surface area contributed by atoms with E-state index in [0.29, 0.717) is 12.2 Å². The number of amides is 1. The minimum absolute atomic E-state index is 0.0789. The van der Waals surface area contributed by atoms with Crippen molar-refractivity contribution in [3.8, 4) is 0 Å².